The first-order valence-electron chi connectivity index (χ1n) is 24.1. The van der Waals surface area contributed by atoms with E-state index in [-0.39, 0.29) is 5.43 Å². The Labute approximate surface area is 419 Å². The van der Waals surface area contributed by atoms with E-state index in [4.69, 9.17) is 0 Å². The summed E-state index contributed by atoms with van der Waals surface area (Å²) in [6.45, 7) is 2.34. The van der Waals surface area contributed by atoms with Crippen LogP contribution in [0, 0.1) is 5.92 Å². The SMILES string of the molecule is CC1C=CC2=C(C1)C1(c3ccccc3Sc3ccccc31)c1ccccc1N2c1ccc2c(=O)c3ccc(N4c5ccccc5C5(c6ccccc6Sc6ccccc65)c5ccccc54)cc3sc2c1. The highest BCUT2D eigenvalue weighted by molar-refractivity contribution is 7.99. The summed E-state index contributed by atoms with van der Waals surface area (Å²) in [4.78, 5) is 24.8. The van der Waals surface area contributed by atoms with Gasteiger partial charge in [-0.2, -0.15) is 0 Å². The summed E-state index contributed by atoms with van der Waals surface area (Å²) >= 11 is 5.45. The van der Waals surface area contributed by atoms with Crippen LogP contribution in [-0.4, -0.2) is 0 Å². The van der Waals surface area contributed by atoms with E-state index in [1.165, 1.54) is 69.8 Å². The summed E-state index contributed by atoms with van der Waals surface area (Å²) in [5.41, 5.74) is 16.3. The van der Waals surface area contributed by atoms with Crippen molar-refractivity contribution in [1.29, 1.82) is 0 Å². The van der Waals surface area contributed by atoms with Crippen molar-refractivity contribution in [1.82, 2.24) is 0 Å². The van der Waals surface area contributed by atoms with E-state index in [1.54, 1.807) is 11.3 Å². The molecule has 6 heteroatoms. The molecule has 0 N–H and O–H groups in total. The molecule has 1 aliphatic carbocycles. The lowest BCUT2D eigenvalue weighted by Crippen LogP contribution is -2.43. The van der Waals surface area contributed by atoms with E-state index in [0.717, 1.165) is 55.0 Å². The molecule has 1 unspecified atom stereocenters. The fourth-order valence-corrected chi connectivity index (χ4v) is 16.3. The van der Waals surface area contributed by atoms with Crippen molar-refractivity contribution in [3.8, 4) is 0 Å². The van der Waals surface area contributed by atoms with Gasteiger partial charge >= 0.3 is 0 Å². The summed E-state index contributed by atoms with van der Waals surface area (Å²) in [6, 6.07) is 75.8. The van der Waals surface area contributed by atoms with Crippen LogP contribution in [0.2, 0.25) is 0 Å². The smallest absolute Gasteiger partial charge is 0.195 e. The second-order valence-electron chi connectivity index (χ2n) is 19.1. The second-order valence-corrected chi connectivity index (χ2v) is 22.4. The van der Waals surface area contributed by atoms with Gasteiger partial charge in [0.25, 0.3) is 0 Å². The number of para-hydroxylation sites is 3. The van der Waals surface area contributed by atoms with Gasteiger partial charge in [0.2, 0.25) is 0 Å². The van der Waals surface area contributed by atoms with Crippen molar-refractivity contribution in [2.45, 2.75) is 43.8 Å². The minimum atomic E-state index is -0.521. The zero-order valence-corrected chi connectivity index (χ0v) is 40.5. The topological polar surface area (TPSA) is 23.6 Å². The third-order valence-corrected chi connectivity index (χ3v) is 18.9. The van der Waals surface area contributed by atoms with Crippen LogP contribution < -0.4 is 15.2 Å². The molecule has 70 heavy (non-hydrogen) atoms. The average molecular weight is 951 g/mol. The first-order chi connectivity index (χ1) is 34.5. The number of benzene rings is 9. The third kappa shape index (κ3) is 5.36. The Kier molecular flexibility index (Phi) is 8.73. The van der Waals surface area contributed by atoms with Gasteiger partial charge in [-0.05, 0) is 142 Å². The largest absolute Gasteiger partial charge is 0.310 e. The van der Waals surface area contributed by atoms with E-state index < -0.39 is 10.8 Å². The molecule has 0 fully saturated rings. The van der Waals surface area contributed by atoms with Gasteiger partial charge in [-0.25, -0.2) is 0 Å². The molecule has 1 aromatic heterocycles. The van der Waals surface area contributed by atoms with Crippen molar-refractivity contribution < 1.29 is 0 Å². The maximum atomic E-state index is 14.7. The van der Waals surface area contributed by atoms with Crippen molar-refractivity contribution in [2.24, 2.45) is 5.92 Å². The lowest BCUT2D eigenvalue weighted by Gasteiger charge is -2.51. The van der Waals surface area contributed by atoms with Gasteiger partial charge in [-0.1, -0.05) is 164 Å². The third-order valence-electron chi connectivity index (χ3n) is 15.5. The summed E-state index contributed by atoms with van der Waals surface area (Å²) in [6.07, 6.45) is 5.68. The van der Waals surface area contributed by atoms with E-state index in [1.807, 2.05) is 23.5 Å². The molecule has 4 aliphatic heterocycles. The van der Waals surface area contributed by atoms with Crippen LogP contribution in [0.1, 0.15) is 52.3 Å². The Morgan fingerprint density at radius 2 is 0.829 bits per heavy atom. The van der Waals surface area contributed by atoms with Gasteiger partial charge in [0.1, 0.15) is 0 Å². The number of hydrogen-bond donors (Lipinski definition) is 0. The van der Waals surface area contributed by atoms with Gasteiger partial charge < -0.3 is 9.80 Å². The minimum absolute atomic E-state index is 0.0605. The zero-order valence-electron chi connectivity index (χ0n) is 38.1. The number of nitrogens with zero attached hydrogens (tertiary/aromatic N) is 2. The van der Waals surface area contributed by atoms with E-state index >= 15 is 0 Å². The summed E-state index contributed by atoms with van der Waals surface area (Å²) in [7, 11) is 0. The highest BCUT2D eigenvalue weighted by atomic mass is 32.2. The van der Waals surface area contributed by atoms with Gasteiger partial charge in [0, 0.05) is 56.8 Å². The molecule has 5 aliphatic rings. The maximum absolute atomic E-state index is 14.7. The molecule has 10 aromatic rings. The minimum Gasteiger partial charge on any atom is -0.310 e. The fourth-order valence-electron chi connectivity index (χ4n) is 12.8. The second kappa shape index (κ2) is 15.1. The maximum Gasteiger partial charge on any atom is 0.195 e. The van der Waals surface area contributed by atoms with Crippen LogP contribution in [0.4, 0.5) is 28.4 Å². The summed E-state index contributed by atoms with van der Waals surface area (Å²) in [5.74, 6) is 0.372. The normalized spacial score (nSPS) is 17.3. The molecular formula is C64H42N2OS3. The molecular weight excluding hydrogens is 909 g/mol. The first-order valence-corrected chi connectivity index (χ1v) is 26.5. The highest BCUT2D eigenvalue weighted by Gasteiger charge is 2.53. The molecule has 0 saturated heterocycles. The quantitative estimate of drug-likeness (QED) is 0.161. The van der Waals surface area contributed by atoms with Crippen molar-refractivity contribution in [3.05, 3.63) is 279 Å². The van der Waals surface area contributed by atoms with Crippen molar-refractivity contribution >= 4 is 83.5 Å². The van der Waals surface area contributed by atoms with Crippen LogP contribution in [0.5, 0.6) is 0 Å². The molecule has 0 bridgehead atoms. The van der Waals surface area contributed by atoms with E-state index in [2.05, 4.69) is 235 Å². The van der Waals surface area contributed by atoms with Gasteiger partial charge in [0.05, 0.1) is 27.9 Å². The van der Waals surface area contributed by atoms with Crippen LogP contribution in [-0.2, 0) is 10.8 Å². The molecule has 0 radical (unpaired) electrons. The van der Waals surface area contributed by atoms with Crippen molar-refractivity contribution in [2.75, 3.05) is 9.80 Å². The Morgan fingerprint density at radius 3 is 1.31 bits per heavy atom. The molecule has 9 aromatic carbocycles. The molecule has 0 saturated carbocycles. The molecule has 2 spiro atoms. The number of allylic oxidation sites excluding steroid dienone is 3. The average Bonchev–Trinajstić information content (AvgIpc) is 3.42. The molecule has 332 valence electrons. The van der Waals surface area contributed by atoms with E-state index in [0.29, 0.717) is 5.92 Å². The Hall–Kier alpha value is -7.35. The molecule has 15 rings (SSSR count). The van der Waals surface area contributed by atoms with Crippen LogP contribution in [0.15, 0.2) is 254 Å². The van der Waals surface area contributed by atoms with E-state index in [9.17, 15) is 4.79 Å². The molecule has 3 nitrogen and oxygen atoms in total. The lowest BCUT2D eigenvalue weighted by atomic mass is 9.59. The first kappa shape index (κ1) is 40.5. The lowest BCUT2D eigenvalue weighted by molar-refractivity contribution is 0.572. The van der Waals surface area contributed by atoms with Crippen LogP contribution in [0.3, 0.4) is 0 Å². The molecule has 0 amide bonds. The van der Waals surface area contributed by atoms with Gasteiger partial charge in [-0.3, -0.25) is 4.79 Å². The molecule has 1 atom stereocenters. The Morgan fingerprint density at radius 1 is 0.443 bits per heavy atom. The predicted octanol–water partition coefficient (Wildman–Crippen LogP) is 16.8. The summed E-state index contributed by atoms with van der Waals surface area (Å²) in [5, 5.41) is 1.48. The number of anilines is 5. The Bertz CT molecular complexity index is 3890. The fraction of sp³-hybridized carbons (Fsp3) is 0.0781. The standard InChI is InChI=1S/C64H42N2OS3/c1-39-30-35-55-51(36-39)64(49-21-7-14-28-58(49)69-59-29-15-8-22-50(59)64)46-18-4-11-25-54(46)66(55)41-32-34-43-61(38-41)70-60-37-40(31-33-42(60)62(43)67)65-52-23-9-2-16-44(52)63(45-17-3-10-24-53(45)65)47-19-5-12-26-56(47)68-57-27-13-6-20-48(57)63/h2-35,37-39H,36H2,1H3. The monoisotopic (exact) mass is 950 g/mol. The van der Waals surface area contributed by atoms with Crippen molar-refractivity contribution in [3.63, 3.8) is 0 Å². The number of rotatable bonds is 2. The highest BCUT2D eigenvalue weighted by Crippen LogP contribution is 2.65. The van der Waals surface area contributed by atoms with Crippen LogP contribution >= 0.6 is 34.9 Å². The zero-order chi connectivity index (χ0) is 46.3. The van der Waals surface area contributed by atoms with Gasteiger partial charge in [0.15, 0.2) is 5.43 Å². The number of fused-ring (bicyclic) bond motifs is 17. The molecule has 5 heterocycles. The Balaban J connectivity index is 0.918. The predicted molar refractivity (Wildman–Crippen MR) is 292 cm³/mol. The van der Waals surface area contributed by atoms with Gasteiger partial charge in [-0.15, -0.1) is 11.3 Å². The van der Waals surface area contributed by atoms with Crippen LogP contribution in [0.25, 0.3) is 20.2 Å². The summed E-state index contributed by atoms with van der Waals surface area (Å²) < 4.78 is 1.93. The number of hydrogen-bond acceptors (Lipinski definition) is 6.